The van der Waals surface area contributed by atoms with Crippen LogP contribution in [0, 0.1) is 0 Å². The second-order valence-electron chi connectivity index (χ2n) is 4.54. The molecule has 0 aliphatic heterocycles. The molecule has 2 N–H and O–H groups in total. The van der Waals surface area contributed by atoms with Crippen LogP contribution in [0.3, 0.4) is 0 Å². The summed E-state index contributed by atoms with van der Waals surface area (Å²) in [6.07, 6.45) is 1.64. The molecule has 7 nitrogen and oxygen atoms in total. The number of nitrogens with zero attached hydrogens (tertiary/aromatic N) is 2. The molecule has 1 atom stereocenters. The molecule has 2 aromatic rings. The van der Waals surface area contributed by atoms with Crippen molar-refractivity contribution in [3.8, 4) is 0 Å². The third-order valence-corrected chi connectivity index (χ3v) is 5.48. The van der Waals surface area contributed by atoms with Crippen molar-refractivity contribution in [2.24, 2.45) is 0 Å². The predicted octanol–water partition coefficient (Wildman–Crippen LogP) is 0.693. The van der Waals surface area contributed by atoms with E-state index in [1.165, 1.54) is 36.1 Å². The van der Waals surface area contributed by atoms with E-state index in [2.05, 4.69) is 8.86 Å². The molecule has 0 aliphatic rings. The van der Waals surface area contributed by atoms with E-state index in [0.717, 1.165) is 5.69 Å². The second kappa shape index (κ2) is 6.89. The summed E-state index contributed by atoms with van der Waals surface area (Å²) < 4.78 is 24.6. The molecule has 0 fully saturated rings. The van der Waals surface area contributed by atoms with E-state index in [9.17, 15) is 12.6 Å². The van der Waals surface area contributed by atoms with Gasteiger partial charge in [0, 0.05) is 0 Å². The van der Waals surface area contributed by atoms with Gasteiger partial charge in [0.15, 0.2) is 0 Å². The zero-order chi connectivity index (χ0) is 16.2. The number of carbonyl (C=O) groups is 1. The fourth-order valence-electron chi connectivity index (χ4n) is 1.91. The Morgan fingerprint density at radius 2 is 1.95 bits per heavy atom. The topological polar surface area (TPSA) is 100.0 Å². The van der Waals surface area contributed by atoms with Crippen molar-refractivity contribution in [1.82, 2.24) is 4.98 Å². The molecule has 1 aromatic heterocycles. The molecule has 1 heterocycles. The maximum absolute atomic E-state index is 11.8. The van der Waals surface area contributed by atoms with Crippen molar-refractivity contribution in [2.45, 2.75) is 13.5 Å². The van der Waals surface area contributed by atoms with Gasteiger partial charge in [-0.2, -0.15) is 0 Å². The Hall–Kier alpha value is -1.92. The first-order valence-corrected chi connectivity index (χ1v) is 9.69. The van der Waals surface area contributed by atoms with Gasteiger partial charge in [0.25, 0.3) is 0 Å². The number of hydrogen-bond donors (Lipinski definition) is 2. The van der Waals surface area contributed by atoms with E-state index in [1.54, 1.807) is 18.3 Å². The van der Waals surface area contributed by atoms with Gasteiger partial charge < -0.3 is 0 Å². The van der Waals surface area contributed by atoms with Gasteiger partial charge in [-0.25, -0.2) is 0 Å². The minimum absolute atomic E-state index is 0.00860. The summed E-state index contributed by atoms with van der Waals surface area (Å²) in [4.78, 5) is 17.5. The van der Waals surface area contributed by atoms with Crippen LogP contribution < -0.4 is 9.25 Å². The van der Waals surface area contributed by atoms with Crippen LogP contribution in [0.4, 0.5) is 5.69 Å². The Bertz CT molecular complexity index is 690. The Morgan fingerprint density at radius 1 is 1.27 bits per heavy atom. The fourth-order valence-corrected chi connectivity index (χ4v) is 3.21. The van der Waals surface area contributed by atoms with Crippen LogP contribution in [-0.2, 0) is 19.0 Å². The third-order valence-electron chi connectivity index (χ3n) is 3.02. The second-order valence-corrected chi connectivity index (χ2v) is 8.15. The zero-order valence-corrected chi connectivity index (χ0v) is 13.7. The third kappa shape index (κ3) is 3.84. The first kappa shape index (κ1) is 16.4. The molecule has 1 aromatic carbocycles. The first-order valence-electron chi connectivity index (χ1n) is 6.38. The molecule has 0 saturated heterocycles. The average Bonchev–Trinajstić information content (AvgIpc) is 2.53. The number of anilines is 1. The van der Waals surface area contributed by atoms with E-state index >= 15 is 0 Å². The Balaban J connectivity index is 2.26. The molecular formula is C14H15AsN2O5. The molecule has 8 heteroatoms. The summed E-state index contributed by atoms with van der Waals surface area (Å²) in [5.74, 6) is -0.186. The number of benzene rings is 1. The Labute approximate surface area is 130 Å². The molecule has 0 radical (unpaired) electrons. The van der Waals surface area contributed by atoms with Crippen molar-refractivity contribution >= 4 is 30.1 Å². The molecule has 0 aliphatic carbocycles. The number of rotatable bonds is 5. The zero-order valence-electron chi connectivity index (χ0n) is 11.8. The van der Waals surface area contributed by atoms with Gasteiger partial charge >= 0.3 is 130 Å². The fraction of sp³-hybridized carbons (Fsp3) is 0.143. The maximum atomic E-state index is 11.8. The van der Waals surface area contributed by atoms with Crippen molar-refractivity contribution < 1.29 is 21.8 Å². The molecule has 0 bridgehead atoms. The minimum atomic E-state index is -4.87. The van der Waals surface area contributed by atoms with Crippen LogP contribution in [0.5, 0.6) is 0 Å². The van der Waals surface area contributed by atoms with Crippen molar-refractivity contribution in [2.75, 3.05) is 4.90 Å². The van der Waals surface area contributed by atoms with Crippen LogP contribution >= 0.6 is 0 Å². The summed E-state index contributed by atoms with van der Waals surface area (Å²) in [6.45, 7) is 1.71. The van der Waals surface area contributed by atoms with Gasteiger partial charge in [-0.3, -0.25) is 0 Å². The van der Waals surface area contributed by atoms with Gasteiger partial charge in [0.1, 0.15) is 0 Å². The van der Waals surface area contributed by atoms with Gasteiger partial charge in [-0.05, 0) is 0 Å². The summed E-state index contributed by atoms with van der Waals surface area (Å²) >= 11 is -4.87. The summed E-state index contributed by atoms with van der Waals surface area (Å²) in [6, 6.07) is 11.1. The predicted molar refractivity (Wildman–Crippen MR) is 79.6 cm³/mol. The molecule has 1 unspecified atom stereocenters. The molecule has 22 heavy (non-hydrogen) atoms. The van der Waals surface area contributed by atoms with Crippen LogP contribution in [0.15, 0.2) is 48.7 Å². The number of carbonyl (C=O) groups excluding carboxylic acids is 1. The number of aromatic nitrogens is 1. The van der Waals surface area contributed by atoms with Crippen LogP contribution in [0.25, 0.3) is 0 Å². The Kier molecular flexibility index (Phi) is 5.15. The number of hydrogen-bond acceptors (Lipinski definition) is 5. The monoisotopic (exact) mass is 366 g/mol. The van der Waals surface area contributed by atoms with Gasteiger partial charge in [-0.15, -0.1) is 0 Å². The number of pyridine rings is 1. The van der Waals surface area contributed by atoms with Crippen LogP contribution in [0.2, 0.25) is 0 Å². The standard InChI is InChI=1S/C14H15AsN2O5/c1-11(18)17(10-13-4-2-3-9-16-13)14-7-5-12(6-8-14)15(19,20)22-21/h2-9,21H,10H2,1H3,(H,19,20). The van der Waals surface area contributed by atoms with E-state index in [0.29, 0.717) is 5.69 Å². The molecular weight excluding hydrogens is 351 g/mol. The SMILES string of the molecule is CC(=O)N(Cc1ccccn1)c1ccc([As](=O)(O)OO)cc1. The average molecular weight is 366 g/mol. The molecule has 0 saturated carbocycles. The van der Waals surface area contributed by atoms with E-state index < -0.39 is 14.2 Å². The summed E-state index contributed by atoms with van der Waals surface area (Å²) in [5.41, 5.74) is 1.27. The van der Waals surface area contributed by atoms with Gasteiger partial charge in [0.2, 0.25) is 0 Å². The normalized spacial score (nSPS) is 13.4. The van der Waals surface area contributed by atoms with Crippen molar-refractivity contribution in [3.63, 3.8) is 0 Å². The van der Waals surface area contributed by atoms with E-state index in [1.807, 2.05) is 6.07 Å². The quantitative estimate of drug-likeness (QED) is 0.459. The molecule has 1 amide bonds. The van der Waals surface area contributed by atoms with Gasteiger partial charge in [0.05, 0.1) is 0 Å². The van der Waals surface area contributed by atoms with Crippen molar-refractivity contribution in [1.29, 1.82) is 0 Å². The Morgan fingerprint density at radius 3 is 2.45 bits per heavy atom. The summed E-state index contributed by atoms with van der Waals surface area (Å²) in [7, 11) is 0. The van der Waals surface area contributed by atoms with Crippen LogP contribution in [-0.4, -0.2) is 34.4 Å². The van der Waals surface area contributed by atoms with Crippen molar-refractivity contribution in [3.05, 3.63) is 54.4 Å². The van der Waals surface area contributed by atoms with E-state index in [-0.39, 0.29) is 16.8 Å². The molecule has 0 spiro atoms. The number of amides is 1. The first-order chi connectivity index (χ1) is 10.4. The molecule has 2 rings (SSSR count). The van der Waals surface area contributed by atoms with Crippen LogP contribution in [0.1, 0.15) is 12.6 Å². The van der Waals surface area contributed by atoms with Gasteiger partial charge in [-0.1, -0.05) is 0 Å². The summed E-state index contributed by atoms with van der Waals surface area (Å²) in [5, 5.41) is 8.45. The van der Waals surface area contributed by atoms with E-state index in [4.69, 9.17) is 5.26 Å². The molecule has 116 valence electrons.